The van der Waals surface area contributed by atoms with Gasteiger partial charge in [-0.15, -0.1) is 0 Å². The van der Waals surface area contributed by atoms with E-state index in [-0.39, 0.29) is 11.9 Å². The maximum absolute atomic E-state index is 12.2. The number of rotatable bonds is 5. The Kier molecular flexibility index (Phi) is 5.40. The second-order valence-electron chi connectivity index (χ2n) is 5.12. The molecule has 110 valence electrons. The Balaban J connectivity index is 2.01. The summed E-state index contributed by atoms with van der Waals surface area (Å²) in [5, 5.41) is 0.478. The van der Waals surface area contributed by atoms with Crippen molar-refractivity contribution in [2.75, 3.05) is 32.8 Å². The molecule has 1 fully saturated rings. The Bertz CT molecular complexity index is 470. The van der Waals surface area contributed by atoms with Crippen molar-refractivity contribution in [3.63, 3.8) is 0 Å². The van der Waals surface area contributed by atoms with E-state index in [9.17, 15) is 4.79 Å². The van der Waals surface area contributed by atoms with Crippen LogP contribution in [0, 0.1) is 0 Å². The summed E-state index contributed by atoms with van der Waals surface area (Å²) in [6, 6.07) is 5.21. The van der Waals surface area contributed by atoms with Gasteiger partial charge in [0.1, 0.15) is 5.75 Å². The van der Waals surface area contributed by atoms with E-state index in [1.807, 2.05) is 13.8 Å². The minimum atomic E-state index is 0.0578. The number of carbonyl (C=O) groups excluding carboxylic acids is 1. The highest BCUT2D eigenvalue weighted by molar-refractivity contribution is 6.32. The Morgan fingerprint density at radius 1 is 1.40 bits per heavy atom. The van der Waals surface area contributed by atoms with Crippen LogP contribution in [0.2, 0.25) is 5.02 Å². The fourth-order valence-electron chi connectivity index (χ4n) is 2.08. The van der Waals surface area contributed by atoms with Crippen LogP contribution < -0.4 is 4.74 Å². The van der Waals surface area contributed by atoms with Crippen molar-refractivity contribution < 1.29 is 14.3 Å². The Morgan fingerprint density at radius 3 is 2.70 bits per heavy atom. The van der Waals surface area contributed by atoms with Crippen molar-refractivity contribution in [3.8, 4) is 5.75 Å². The predicted octanol–water partition coefficient (Wildman–Crippen LogP) is 2.64. The Morgan fingerprint density at radius 2 is 2.10 bits per heavy atom. The summed E-state index contributed by atoms with van der Waals surface area (Å²) in [5.74, 6) is 0.689. The average Bonchev–Trinajstić information content (AvgIpc) is 2.41. The molecule has 20 heavy (non-hydrogen) atoms. The molecular formula is C15H20ClNO3. The predicted molar refractivity (Wildman–Crippen MR) is 78.8 cm³/mol. The van der Waals surface area contributed by atoms with Gasteiger partial charge in [0.05, 0.1) is 30.9 Å². The molecule has 5 heteroatoms. The second-order valence-corrected chi connectivity index (χ2v) is 5.53. The fourth-order valence-corrected chi connectivity index (χ4v) is 2.30. The Labute approximate surface area is 124 Å². The first-order valence-electron chi connectivity index (χ1n) is 6.86. The van der Waals surface area contributed by atoms with Crippen molar-refractivity contribution in [1.82, 2.24) is 4.90 Å². The molecule has 0 saturated carbocycles. The highest BCUT2D eigenvalue weighted by Gasteiger charge is 2.16. The third-order valence-corrected chi connectivity index (χ3v) is 3.38. The van der Waals surface area contributed by atoms with E-state index in [0.29, 0.717) is 36.1 Å². The van der Waals surface area contributed by atoms with Gasteiger partial charge in [0, 0.05) is 18.7 Å². The van der Waals surface area contributed by atoms with Gasteiger partial charge < -0.3 is 9.47 Å². The zero-order chi connectivity index (χ0) is 14.5. The maximum Gasteiger partial charge on any atom is 0.176 e. The molecule has 0 unspecified atom stereocenters. The van der Waals surface area contributed by atoms with Crippen molar-refractivity contribution in [2.45, 2.75) is 20.0 Å². The molecule has 0 radical (unpaired) electrons. The fraction of sp³-hybridized carbons (Fsp3) is 0.533. The number of benzene rings is 1. The van der Waals surface area contributed by atoms with Crippen LogP contribution >= 0.6 is 11.6 Å². The van der Waals surface area contributed by atoms with Crippen molar-refractivity contribution in [1.29, 1.82) is 0 Å². The first-order valence-corrected chi connectivity index (χ1v) is 7.23. The molecule has 0 bridgehead atoms. The zero-order valence-electron chi connectivity index (χ0n) is 11.9. The number of ketones is 1. The number of carbonyl (C=O) groups is 1. The number of hydrogen-bond acceptors (Lipinski definition) is 4. The lowest BCUT2D eigenvalue weighted by Crippen LogP contribution is -2.39. The summed E-state index contributed by atoms with van der Waals surface area (Å²) in [6.45, 7) is 7.26. The summed E-state index contributed by atoms with van der Waals surface area (Å²) >= 11 is 6.15. The van der Waals surface area contributed by atoms with Crippen LogP contribution in [-0.4, -0.2) is 49.6 Å². The molecular weight excluding hydrogens is 278 g/mol. The first kappa shape index (κ1) is 15.3. The molecule has 0 aromatic heterocycles. The normalized spacial score (nSPS) is 16.4. The van der Waals surface area contributed by atoms with Crippen LogP contribution in [0.4, 0.5) is 0 Å². The van der Waals surface area contributed by atoms with Crippen LogP contribution in [0.5, 0.6) is 5.75 Å². The van der Waals surface area contributed by atoms with E-state index in [1.54, 1.807) is 18.2 Å². The second kappa shape index (κ2) is 7.07. The quantitative estimate of drug-likeness (QED) is 0.783. The zero-order valence-corrected chi connectivity index (χ0v) is 12.7. The van der Waals surface area contributed by atoms with Crippen molar-refractivity contribution in [3.05, 3.63) is 28.8 Å². The summed E-state index contributed by atoms with van der Waals surface area (Å²) in [7, 11) is 0. The van der Waals surface area contributed by atoms with Gasteiger partial charge in [-0.1, -0.05) is 11.6 Å². The summed E-state index contributed by atoms with van der Waals surface area (Å²) < 4.78 is 10.8. The smallest absolute Gasteiger partial charge is 0.176 e. The standard InChI is InChI=1S/C15H20ClNO3/c1-11(2)20-15-4-3-12(9-13(15)16)14(18)10-17-5-7-19-8-6-17/h3-4,9,11H,5-8,10H2,1-2H3. The lowest BCUT2D eigenvalue weighted by molar-refractivity contribution is 0.0371. The molecule has 0 aliphatic carbocycles. The average molecular weight is 298 g/mol. The third-order valence-electron chi connectivity index (χ3n) is 3.09. The molecule has 1 aliphatic heterocycles. The van der Waals surface area contributed by atoms with E-state index in [4.69, 9.17) is 21.1 Å². The van der Waals surface area contributed by atoms with Crippen LogP contribution in [0.1, 0.15) is 24.2 Å². The summed E-state index contributed by atoms with van der Waals surface area (Å²) in [6.07, 6.45) is 0.0578. The lowest BCUT2D eigenvalue weighted by atomic mass is 10.1. The van der Waals surface area contributed by atoms with Crippen LogP contribution in [-0.2, 0) is 4.74 Å². The molecule has 1 aromatic rings. The largest absolute Gasteiger partial charge is 0.489 e. The Hall–Kier alpha value is -1.10. The van der Waals surface area contributed by atoms with Crippen LogP contribution in [0.25, 0.3) is 0 Å². The molecule has 1 heterocycles. The molecule has 2 rings (SSSR count). The first-order chi connectivity index (χ1) is 9.56. The van der Waals surface area contributed by atoms with E-state index in [0.717, 1.165) is 13.1 Å². The van der Waals surface area contributed by atoms with Gasteiger partial charge in [-0.25, -0.2) is 0 Å². The molecule has 0 amide bonds. The van der Waals surface area contributed by atoms with E-state index < -0.39 is 0 Å². The van der Waals surface area contributed by atoms with Gasteiger partial charge in [0.15, 0.2) is 5.78 Å². The number of nitrogens with zero attached hydrogens (tertiary/aromatic N) is 1. The summed E-state index contributed by atoms with van der Waals surface area (Å²) in [5.41, 5.74) is 0.623. The highest BCUT2D eigenvalue weighted by Crippen LogP contribution is 2.26. The van der Waals surface area contributed by atoms with Crippen molar-refractivity contribution >= 4 is 17.4 Å². The molecule has 1 aromatic carbocycles. The number of halogens is 1. The van der Waals surface area contributed by atoms with Gasteiger partial charge in [0.25, 0.3) is 0 Å². The minimum absolute atomic E-state index is 0.0578. The van der Waals surface area contributed by atoms with E-state index >= 15 is 0 Å². The molecule has 0 spiro atoms. The van der Waals surface area contributed by atoms with Crippen LogP contribution in [0.3, 0.4) is 0 Å². The SMILES string of the molecule is CC(C)Oc1ccc(C(=O)CN2CCOCC2)cc1Cl. The molecule has 1 saturated heterocycles. The monoisotopic (exact) mass is 297 g/mol. The summed E-state index contributed by atoms with van der Waals surface area (Å²) in [4.78, 5) is 14.3. The number of morpholine rings is 1. The van der Waals surface area contributed by atoms with E-state index in [2.05, 4.69) is 4.90 Å². The molecule has 1 aliphatic rings. The molecule has 4 nitrogen and oxygen atoms in total. The van der Waals surface area contributed by atoms with Gasteiger partial charge in [-0.2, -0.15) is 0 Å². The van der Waals surface area contributed by atoms with Gasteiger partial charge >= 0.3 is 0 Å². The van der Waals surface area contributed by atoms with Gasteiger partial charge in [-0.3, -0.25) is 9.69 Å². The molecule has 0 atom stereocenters. The molecule has 0 N–H and O–H groups in total. The lowest BCUT2D eigenvalue weighted by Gasteiger charge is -2.25. The number of Topliss-reactive ketones (excluding diaryl/α,β-unsaturated/α-hetero) is 1. The van der Waals surface area contributed by atoms with Gasteiger partial charge in [0.2, 0.25) is 0 Å². The van der Waals surface area contributed by atoms with Crippen LogP contribution in [0.15, 0.2) is 18.2 Å². The van der Waals surface area contributed by atoms with Gasteiger partial charge in [-0.05, 0) is 32.0 Å². The topological polar surface area (TPSA) is 38.8 Å². The highest BCUT2D eigenvalue weighted by atomic mass is 35.5. The maximum atomic E-state index is 12.2. The van der Waals surface area contributed by atoms with E-state index in [1.165, 1.54) is 0 Å². The third kappa shape index (κ3) is 4.20. The number of hydrogen-bond donors (Lipinski definition) is 0. The van der Waals surface area contributed by atoms with Crippen molar-refractivity contribution in [2.24, 2.45) is 0 Å². The minimum Gasteiger partial charge on any atom is -0.489 e. The number of ether oxygens (including phenoxy) is 2.